The topological polar surface area (TPSA) is 64.2 Å². The van der Waals surface area contributed by atoms with Gasteiger partial charge in [-0.15, -0.1) is 16.4 Å². The average molecular weight is 462 g/mol. The zero-order valence-corrected chi connectivity index (χ0v) is 19.0. The summed E-state index contributed by atoms with van der Waals surface area (Å²) in [6, 6.07) is 15.5. The molecule has 32 heavy (non-hydrogen) atoms. The predicted molar refractivity (Wildman–Crippen MR) is 130 cm³/mol. The molecular weight excluding hydrogens is 442 g/mol. The third-order valence-electron chi connectivity index (χ3n) is 5.92. The van der Waals surface area contributed by atoms with Gasteiger partial charge in [0.05, 0.1) is 11.1 Å². The molecule has 3 aromatic heterocycles. The van der Waals surface area contributed by atoms with Crippen molar-refractivity contribution in [2.45, 2.75) is 32.6 Å². The molecule has 1 N–H and O–H groups in total. The van der Waals surface area contributed by atoms with Crippen molar-refractivity contribution in [3.63, 3.8) is 0 Å². The molecule has 0 radical (unpaired) electrons. The SMILES string of the molecule is Cc1cccc(Nc2nn3c(=O)c4c5c(sc4nc3n2-c2ccc(Cl)cc2)CCCC5)c1. The van der Waals surface area contributed by atoms with Crippen molar-refractivity contribution in [2.75, 3.05) is 5.32 Å². The fraction of sp³-hybridized carbons (Fsp3) is 0.208. The molecule has 0 bridgehead atoms. The van der Waals surface area contributed by atoms with Crippen LogP contribution in [0, 0.1) is 6.92 Å². The number of rotatable bonds is 3. The number of hydrogen-bond acceptors (Lipinski definition) is 5. The molecule has 0 spiro atoms. The molecule has 2 aromatic carbocycles. The molecule has 0 unspecified atom stereocenters. The van der Waals surface area contributed by atoms with Gasteiger partial charge in [0.25, 0.3) is 5.56 Å². The summed E-state index contributed by atoms with van der Waals surface area (Å²) in [6.45, 7) is 2.04. The van der Waals surface area contributed by atoms with Gasteiger partial charge < -0.3 is 5.32 Å². The van der Waals surface area contributed by atoms with Crippen LogP contribution < -0.4 is 10.9 Å². The Morgan fingerprint density at radius 1 is 1.09 bits per heavy atom. The van der Waals surface area contributed by atoms with E-state index in [2.05, 4.69) is 10.4 Å². The van der Waals surface area contributed by atoms with Crippen molar-refractivity contribution in [3.05, 3.63) is 79.9 Å². The van der Waals surface area contributed by atoms with Crippen molar-refractivity contribution in [3.8, 4) is 5.69 Å². The van der Waals surface area contributed by atoms with Gasteiger partial charge in [0.2, 0.25) is 11.7 Å². The minimum absolute atomic E-state index is 0.107. The summed E-state index contributed by atoms with van der Waals surface area (Å²) in [5.74, 6) is 1.01. The number of halogens is 1. The van der Waals surface area contributed by atoms with E-state index in [1.54, 1.807) is 11.3 Å². The van der Waals surface area contributed by atoms with Crippen molar-refractivity contribution >= 4 is 50.6 Å². The molecule has 0 aliphatic heterocycles. The number of nitrogens with zero attached hydrogens (tertiary/aromatic N) is 4. The highest BCUT2D eigenvalue weighted by molar-refractivity contribution is 7.18. The summed E-state index contributed by atoms with van der Waals surface area (Å²) < 4.78 is 3.30. The van der Waals surface area contributed by atoms with Crippen LogP contribution in [0.25, 0.3) is 21.7 Å². The quantitative estimate of drug-likeness (QED) is 0.375. The lowest BCUT2D eigenvalue weighted by Gasteiger charge is -2.10. The third kappa shape index (κ3) is 3.12. The highest BCUT2D eigenvalue weighted by atomic mass is 35.5. The van der Waals surface area contributed by atoms with E-state index in [0.29, 0.717) is 16.7 Å². The van der Waals surface area contributed by atoms with Gasteiger partial charge in [-0.2, -0.15) is 4.52 Å². The second-order valence-corrected chi connectivity index (χ2v) is 9.67. The van der Waals surface area contributed by atoms with Gasteiger partial charge in [-0.25, -0.2) is 9.55 Å². The lowest BCUT2D eigenvalue weighted by molar-refractivity contribution is 0.699. The van der Waals surface area contributed by atoms with Crippen LogP contribution in [-0.4, -0.2) is 19.2 Å². The lowest BCUT2D eigenvalue weighted by atomic mass is 9.97. The Labute approximate surface area is 193 Å². The maximum Gasteiger partial charge on any atom is 0.284 e. The van der Waals surface area contributed by atoms with E-state index >= 15 is 0 Å². The average Bonchev–Trinajstić information content (AvgIpc) is 3.33. The molecule has 6 nitrogen and oxygen atoms in total. The fourth-order valence-corrected chi connectivity index (χ4v) is 5.79. The molecule has 8 heteroatoms. The third-order valence-corrected chi connectivity index (χ3v) is 7.35. The Kier molecular flexibility index (Phi) is 4.55. The second-order valence-electron chi connectivity index (χ2n) is 8.15. The Bertz CT molecular complexity index is 1550. The summed E-state index contributed by atoms with van der Waals surface area (Å²) in [7, 11) is 0. The summed E-state index contributed by atoms with van der Waals surface area (Å²) >= 11 is 7.77. The molecule has 1 aliphatic carbocycles. The Hall–Kier alpha value is -3.16. The lowest BCUT2D eigenvalue weighted by Crippen LogP contribution is -2.17. The van der Waals surface area contributed by atoms with Gasteiger partial charge in [-0.3, -0.25) is 4.79 Å². The molecule has 0 saturated carbocycles. The number of nitrogens with one attached hydrogen (secondary N) is 1. The van der Waals surface area contributed by atoms with Crippen LogP contribution in [0.15, 0.2) is 53.3 Å². The molecule has 0 atom stereocenters. The van der Waals surface area contributed by atoms with Gasteiger partial charge in [-0.05, 0) is 80.1 Å². The first-order valence-electron chi connectivity index (χ1n) is 10.6. The van der Waals surface area contributed by atoms with Crippen molar-refractivity contribution in [1.29, 1.82) is 0 Å². The van der Waals surface area contributed by atoms with Gasteiger partial charge in [0.15, 0.2) is 0 Å². The van der Waals surface area contributed by atoms with Gasteiger partial charge in [0.1, 0.15) is 4.83 Å². The first-order valence-corrected chi connectivity index (χ1v) is 11.8. The number of benzene rings is 2. The summed E-state index contributed by atoms with van der Waals surface area (Å²) in [5.41, 5.74) is 3.91. The van der Waals surface area contributed by atoms with Crippen LogP contribution in [0.5, 0.6) is 0 Å². The van der Waals surface area contributed by atoms with E-state index < -0.39 is 0 Å². The molecule has 6 rings (SSSR count). The predicted octanol–water partition coefficient (Wildman–Crippen LogP) is 5.68. The van der Waals surface area contributed by atoms with Gasteiger partial charge >= 0.3 is 0 Å². The first-order chi connectivity index (χ1) is 15.6. The smallest absolute Gasteiger partial charge is 0.284 e. The van der Waals surface area contributed by atoms with Gasteiger partial charge in [0, 0.05) is 15.6 Å². The monoisotopic (exact) mass is 461 g/mol. The molecule has 0 saturated heterocycles. The maximum absolute atomic E-state index is 13.6. The van der Waals surface area contributed by atoms with E-state index in [0.717, 1.165) is 52.0 Å². The summed E-state index contributed by atoms with van der Waals surface area (Å²) in [6.07, 6.45) is 4.24. The molecule has 0 fully saturated rings. The van der Waals surface area contributed by atoms with Crippen molar-refractivity contribution in [2.24, 2.45) is 0 Å². The minimum atomic E-state index is -0.107. The Morgan fingerprint density at radius 3 is 2.72 bits per heavy atom. The Balaban J connectivity index is 1.63. The van der Waals surface area contributed by atoms with Crippen LogP contribution in [-0.2, 0) is 12.8 Å². The van der Waals surface area contributed by atoms with E-state index in [4.69, 9.17) is 16.6 Å². The zero-order chi connectivity index (χ0) is 21.8. The fourth-order valence-electron chi connectivity index (χ4n) is 4.42. The van der Waals surface area contributed by atoms with Crippen molar-refractivity contribution < 1.29 is 0 Å². The van der Waals surface area contributed by atoms with Crippen LogP contribution in [0.1, 0.15) is 28.8 Å². The molecule has 1 aliphatic rings. The van der Waals surface area contributed by atoms with Crippen LogP contribution in [0.4, 0.5) is 11.6 Å². The standard InChI is InChI=1S/C24H20ClN5OS/c1-14-5-4-6-16(13-14)26-23-28-30-22(31)20-18-7-2-3-8-19(18)32-21(20)27-24(30)29(23)17-11-9-15(25)10-12-17/h4-6,9-13H,2-3,7-8H2,1H3,(H,26,28). The van der Waals surface area contributed by atoms with Crippen LogP contribution in [0.3, 0.4) is 0 Å². The van der Waals surface area contributed by atoms with E-state index in [1.165, 1.54) is 15.8 Å². The molecule has 5 aromatic rings. The van der Waals surface area contributed by atoms with Crippen LogP contribution >= 0.6 is 22.9 Å². The largest absolute Gasteiger partial charge is 0.324 e. The molecule has 0 amide bonds. The number of aryl methyl sites for hydroxylation is 3. The highest BCUT2D eigenvalue weighted by Crippen LogP contribution is 2.34. The van der Waals surface area contributed by atoms with Gasteiger partial charge in [-0.1, -0.05) is 23.7 Å². The number of thiophene rings is 1. The maximum atomic E-state index is 13.6. The molecular formula is C24H20ClN5OS. The first kappa shape index (κ1) is 19.5. The Morgan fingerprint density at radius 2 is 1.91 bits per heavy atom. The number of fused-ring (bicyclic) bond motifs is 4. The number of anilines is 2. The molecule has 160 valence electrons. The number of aromatic nitrogens is 4. The number of hydrogen-bond donors (Lipinski definition) is 1. The molecule has 3 heterocycles. The van der Waals surface area contributed by atoms with Crippen LogP contribution in [0.2, 0.25) is 5.02 Å². The van der Waals surface area contributed by atoms with E-state index in [9.17, 15) is 4.79 Å². The zero-order valence-electron chi connectivity index (χ0n) is 17.4. The van der Waals surface area contributed by atoms with E-state index in [-0.39, 0.29) is 5.56 Å². The second kappa shape index (κ2) is 7.46. The van der Waals surface area contributed by atoms with Crippen molar-refractivity contribution in [1.82, 2.24) is 19.2 Å². The summed E-state index contributed by atoms with van der Waals surface area (Å²) in [5, 5.41) is 9.42. The normalized spacial score (nSPS) is 13.6. The minimum Gasteiger partial charge on any atom is -0.324 e. The van der Waals surface area contributed by atoms with E-state index in [1.807, 2.05) is 60.0 Å². The summed E-state index contributed by atoms with van der Waals surface area (Å²) in [4.78, 5) is 20.6. The highest BCUT2D eigenvalue weighted by Gasteiger charge is 2.24.